The molecule has 0 spiro atoms. The Morgan fingerprint density at radius 3 is 2.15 bits per heavy atom. The lowest BCUT2D eigenvalue weighted by molar-refractivity contribution is -0.115. The summed E-state index contributed by atoms with van der Waals surface area (Å²) in [5.74, 6) is -5.27. The molecule has 0 fully saturated rings. The topological polar surface area (TPSA) is 76.7 Å². The van der Waals surface area contributed by atoms with Crippen LogP contribution in [0.5, 0.6) is 11.5 Å². The minimum absolute atomic E-state index is 0.174. The number of amides is 2. The van der Waals surface area contributed by atoms with Gasteiger partial charge in [-0.2, -0.15) is 0 Å². The van der Waals surface area contributed by atoms with Crippen LogP contribution in [-0.2, 0) is 4.79 Å². The number of hydrogen-bond donors (Lipinski definition) is 2. The molecule has 0 aromatic heterocycles. The minimum Gasteiger partial charge on any atom is -0.497 e. The molecule has 0 saturated carbocycles. The molecule has 0 unspecified atom stereocenters. The Morgan fingerprint density at radius 1 is 0.962 bits per heavy atom. The summed E-state index contributed by atoms with van der Waals surface area (Å²) in [5.41, 5.74) is -0.362. The van der Waals surface area contributed by atoms with E-state index in [-0.39, 0.29) is 5.56 Å². The number of methoxy groups -OCH3 is 2. The molecule has 2 aromatic carbocycles. The second-order valence-electron chi connectivity index (χ2n) is 5.06. The van der Waals surface area contributed by atoms with Gasteiger partial charge >= 0.3 is 0 Å². The lowest BCUT2D eigenvalue weighted by Crippen LogP contribution is -2.33. The number of ether oxygens (including phenoxy) is 2. The third-order valence-corrected chi connectivity index (χ3v) is 3.33. The second kappa shape index (κ2) is 8.24. The summed E-state index contributed by atoms with van der Waals surface area (Å²) in [6, 6.07) is 5.99. The van der Waals surface area contributed by atoms with E-state index in [0.29, 0.717) is 17.6 Å². The van der Waals surface area contributed by atoms with Crippen molar-refractivity contribution in [2.75, 3.05) is 26.1 Å². The van der Waals surface area contributed by atoms with Gasteiger partial charge in [0.15, 0.2) is 17.5 Å². The van der Waals surface area contributed by atoms with Gasteiger partial charge in [0.1, 0.15) is 11.5 Å². The van der Waals surface area contributed by atoms with Crippen molar-refractivity contribution in [2.45, 2.75) is 0 Å². The van der Waals surface area contributed by atoms with Gasteiger partial charge in [-0.05, 0) is 24.3 Å². The first-order valence-corrected chi connectivity index (χ1v) is 7.30. The lowest BCUT2D eigenvalue weighted by atomic mass is 10.2. The second-order valence-corrected chi connectivity index (χ2v) is 5.06. The van der Waals surface area contributed by atoms with Crippen LogP contribution in [0.4, 0.5) is 18.9 Å². The zero-order chi connectivity index (χ0) is 19.3. The number of nitrogens with one attached hydrogen (secondary N) is 2. The van der Waals surface area contributed by atoms with Crippen LogP contribution < -0.4 is 20.1 Å². The molecule has 0 bridgehead atoms. The largest absolute Gasteiger partial charge is 0.497 e. The zero-order valence-corrected chi connectivity index (χ0v) is 13.9. The van der Waals surface area contributed by atoms with E-state index >= 15 is 0 Å². The average molecular weight is 368 g/mol. The van der Waals surface area contributed by atoms with E-state index in [9.17, 15) is 22.8 Å². The minimum atomic E-state index is -1.70. The SMILES string of the molecule is COc1cc(OC)cc(C(=O)NCC(=O)Nc2ccc(F)c(F)c2F)c1. The van der Waals surface area contributed by atoms with E-state index in [1.54, 1.807) is 6.07 Å². The fraction of sp³-hybridized carbons (Fsp3) is 0.176. The van der Waals surface area contributed by atoms with Gasteiger partial charge in [-0.15, -0.1) is 0 Å². The third-order valence-electron chi connectivity index (χ3n) is 3.33. The van der Waals surface area contributed by atoms with Crippen LogP contribution in [0.2, 0.25) is 0 Å². The molecule has 26 heavy (non-hydrogen) atoms. The molecule has 2 rings (SSSR count). The molecule has 0 radical (unpaired) electrons. The maximum Gasteiger partial charge on any atom is 0.251 e. The van der Waals surface area contributed by atoms with E-state index in [4.69, 9.17) is 9.47 Å². The van der Waals surface area contributed by atoms with E-state index in [1.165, 1.54) is 26.4 Å². The summed E-state index contributed by atoms with van der Waals surface area (Å²) in [6.45, 7) is -0.517. The Morgan fingerprint density at radius 2 is 1.58 bits per heavy atom. The lowest BCUT2D eigenvalue weighted by Gasteiger charge is -2.10. The fourth-order valence-electron chi connectivity index (χ4n) is 2.02. The monoisotopic (exact) mass is 368 g/mol. The Hall–Kier alpha value is -3.23. The van der Waals surface area contributed by atoms with Crippen molar-refractivity contribution in [3.05, 3.63) is 53.3 Å². The smallest absolute Gasteiger partial charge is 0.251 e. The van der Waals surface area contributed by atoms with Gasteiger partial charge in [0.25, 0.3) is 5.91 Å². The number of carbonyl (C=O) groups excluding carboxylic acids is 2. The number of anilines is 1. The van der Waals surface area contributed by atoms with Crippen molar-refractivity contribution in [3.8, 4) is 11.5 Å². The predicted octanol–water partition coefficient (Wildman–Crippen LogP) is 2.49. The first kappa shape index (κ1) is 19.1. The highest BCUT2D eigenvalue weighted by Gasteiger charge is 2.16. The molecular weight excluding hydrogens is 353 g/mol. The number of hydrogen-bond acceptors (Lipinski definition) is 4. The van der Waals surface area contributed by atoms with Gasteiger partial charge in [-0.25, -0.2) is 13.2 Å². The summed E-state index contributed by atoms with van der Waals surface area (Å²) in [6.07, 6.45) is 0. The van der Waals surface area contributed by atoms with Crippen LogP contribution in [0.1, 0.15) is 10.4 Å². The normalized spacial score (nSPS) is 10.2. The molecule has 9 heteroatoms. The van der Waals surface area contributed by atoms with E-state index in [0.717, 1.165) is 6.07 Å². The van der Waals surface area contributed by atoms with Crippen LogP contribution in [0.25, 0.3) is 0 Å². The Balaban J connectivity index is 2.01. The molecule has 0 aliphatic rings. The van der Waals surface area contributed by atoms with Crippen LogP contribution in [0, 0.1) is 17.5 Å². The zero-order valence-electron chi connectivity index (χ0n) is 13.9. The van der Waals surface area contributed by atoms with Gasteiger partial charge in [-0.3, -0.25) is 9.59 Å². The molecule has 138 valence electrons. The highest BCUT2D eigenvalue weighted by molar-refractivity contribution is 5.99. The molecule has 0 saturated heterocycles. The van der Waals surface area contributed by atoms with Crippen molar-refractivity contribution >= 4 is 17.5 Å². The first-order chi connectivity index (χ1) is 12.3. The van der Waals surface area contributed by atoms with Crippen molar-refractivity contribution in [1.29, 1.82) is 0 Å². The van der Waals surface area contributed by atoms with Gasteiger partial charge in [0.05, 0.1) is 26.5 Å². The highest BCUT2D eigenvalue weighted by Crippen LogP contribution is 2.22. The predicted molar refractivity (Wildman–Crippen MR) is 86.8 cm³/mol. The molecule has 0 aliphatic heterocycles. The molecule has 0 heterocycles. The summed E-state index contributed by atoms with van der Waals surface area (Å²) >= 11 is 0. The molecule has 0 atom stereocenters. The van der Waals surface area contributed by atoms with Gasteiger partial charge in [0, 0.05) is 11.6 Å². The van der Waals surface area contributed by atoms with Gasteiger partial charge in [-0.1, -0.05) is 0 Å². The number of benzene rings is 2. The fourth-order valence-corrected chi connectivity index (χ4v) is 2.02. The Kier molecular flexibility index (Phi) is 6.05. The van der Waals surface area contributed by atoms with Crippen LogP contribution in [0.3, 0.4) is 0 Å². The van der Waals surface area contributed by atoms with Gasteiger partial charge in [0.2, 0.25) is 5.91 Å². The van der Waals surface area contributed by atoms with Crippen molar-refractivity contribution in [3.63, 3.8) is 0 Å². The first-order valence-electron chi connectivity index (χ1n) is 7.30. The van der Waals surface area contributed by atoms with E-state index < -0.39 is 41.5 Å². The third kappa shape index (κ3) is 4.44. The summed E-state index contributed by atoms with van der Waals surface area (Å²) < 4.78 is 49.6. The van der Waals surface area contributed by atoms with Crippen molar-refractivity contribution in [2.24, 2.45) is 0 Å². The Labute approximate surface area is 146 Å². The van der Waals surface area contributed by atoms with Crippen molar-refractivity contribution < 1.29 is 32.2 Å². The molecule has 2 N–H and O–H groups in total. The standard InChI is InChI=1S/C17H15F3N2O4/c1-25-10-5-9(6-11(7-10)26-2)17(24)21-8-14(23)22-13-4-3-12(18)15(19)16(13)20/h3-7H,8H2,1-2H3,(H,21,24)(H,22,23). The highest BCUT2D eigenvalue weighted by atomic mass is 19.2. The molecule has 6 nitrogen and oxygen atoms in total. The maximum atomic E-state index is 13.5. The quantitative estimate of drug-likeness (QED) is 0.768. The Bertz CT molecular complexity index is 821. The molecular formula is C17H15F3N2O4. The number of halogens is 3. The maximum absolute atomic E-state index is 13.5. The average Bonchev–Trinajstić information content (AvgIpc) is 2.66. The summed E-state index contributed by atoms with van der Waals surface area (Å²) in [5, 5.41) is 4.36. The van der Waals surface area contributed by atoms with E-state index in [2.05, 4.69) is 5.32 Å². The van der Waals surface area contributed by atoms with Crippen LogP contribution in [-0.4, -0.2) is 32.6 Å². The number of rotatable bonds is 6. The summed E-state index contributed by atoms with van der Waals surface area (Å²) in [7, 11) is 2.83. The molecule has 2 aromatic rings. The molecule has 2 amide bonds. The van der Waals surface area contributed by atoms with Crippen molar-refractivity contribution in [1.82, 2.24) is 5.32 Å². The van der Waals surface area contributed by atoms with E-state index in [1.807, 2.05) is 5.32 Å². The van der Waals surface area contributed by atoms with Gasteiger partial charge < -0.3 is 20.1 Å². The summed E-state index contributed by atoms with van der Waals surface area (Å²) in [4.78, 5) is 23.9. The molecule has 0 aliphatic carbocycles. The van der Waals surface area contributed by atoms with Crippen LogP contribution in [0.15, 0.2) is 30.3 Å². The number of carbonyl (C=O) groups is 2. The van der Waals surface area contributed by atoms with Crippen LogP contribution >= 0.6 is 0 Å².